The van der Waals surface area contributed by atoms with E-state index in [-0.39, 0.29) is 30.7 Å². The number of benzene rings is 2. The van der Waals surface area contributed by atoms with Crippen molar-refractivity contribution in [2.24, 2.45) is 0 Å². The molecule has 0 aromatic heterocycles. The minimum Gasteiger partial charge on any atom is -0.489 e. The fraction of sp³-hybridized carbons (Fsp3) is 0.278. The zero-order valence-corrected chi connectivity index (χ0v) is 14.3. The molecule has 134 valence electrons. The second-order valence-corrected chi connectivity index (χ2v) is 5.79. The van der Waals surface area contributed by atoms with E-state index >= 15 is 0 Å². The largest absolute Gasteiger partial charge is 0.489 e. The summed E-state index contributed by atoms with van der Waals surface area (Å²) in [5.41, 5.74) is 1.34. The van der Waals surface area contributed by atoms with Crippen LogP contribution in [-0.4, -0.2) is 29.7 Å². The number of aliphatic hydroxyl groups excluding tert-OH is 1. The van der Waals surface area contributed by atoms with E-state index in [1.807, 2.05) is 0 Å². The maximum atomic E-state index is 13.1. The lowest BCUT2D eigenvalue weighted by Gasteiger charge is -2.12. The molecule has 3 N–H and O–H groups in total. The van der Waals surface area contributed by atoms with Gasteiger partial charge in [0.05, 0.1) is 12.1 Å². The highest BCUT2D eigenvalue weighted by molar-refractivity contribution is 5.95. The van der Waals surface area contributed by atoms with Gasteiger partial charge in [0, 0.05) is 18.3 Å². The van der Waals surface area contributed by atoms with E-state index in [0.717, 1.165) is 5.56 Å². The van der Waals surface area contributed by atoms with Crippen LogP contribution in [0.15, 0.2) is 48.5 Å². The maximum Gasteiger partial charge on any atom is 0.241 e. The number of amides is 1. The molecule has 2 aromatic carbocycles. The van der Waals surface area contributed by atoms with Gasteiger partial charge in [0.15, 0.2) is 0 Å². The molecule has 2 atom stereocenters. The molecule has 5 nitrogen and oxygen atoms in total. The Balaban J connectivity index is 0.00000225. The first-order chi connectivity index (χ1) is 11.6. The number of hydrogen-bond acceptors (Lipinski definition) is 4. The Morgan fingerprint density at radius 3 is 2.80 bits per heavy atom. The van der Waals surface area contributed by atoms with Gasteiger partial charge in [-0.05, 0) is 36.2 Å². The van der Waals surface area contributed by atoms with Crippen molar-refractivity contribution >= 4 is 24.0 Å². The lowest BCUT2D eigenvalue weighted by Crippen LogP contribution is -2.35. The van der Waals surface area contributed by atoms with Gasteiger partial charge in [-0.3, -0.25) is 4.79 Å². The third-order valence-electron chi connectivity index (χ3n) is 3.82. The normalized spacial score (nSPS) is 19.1. The van der Waals surface area contributed by atoms with Crippen molar-refractivity contribution in [1.29, 1.82) is 0 Å². The summed E-state index contributed by atoms with van der Waals surface area (Å²) in [7, 11) is 0. The molecule has 2 aromatic rings. The van der Waals surface area contributed by atoms with E-state index in [4.69, 9.17) is 4.74 Å². The smallest absolute Gasteiger partial charge is 0.241 e. The van der Waals surface area contributed by atoms with E-state index in [0.29, 0.717) is 24.4 Å². The standard InChI is InChI=1S/C18H19FN2O3.ClH/c19-13-4-1-3-12(7-13)11-24-16-6-2-5-14(8-16)21-18(23)17-9-15(22)10-20-17;/h1-8,15,17,20,22H,9-11H2,(H,21,23);1H. The Hall–Kier alpha value is -2.15. The van der Waals surface area contributed by atoms with Crippen LogP contribution in [0.4, 0.5) is 10.1 Å². The summed E-state index contributed by atoms with van der Waals surface area (Å²) in [6, 6.07) is 12.8. The fourth-order valence-electron chi connectivity index (χ4n) is 2.60. The van der Waals surface area contributed by atoms with Crippen molar-refractivity contribution in [2.45, 2.75) is 25.2 Å². The monoisotopic (exact) mass is 366 g/mol. The van der Waals surface area contributed by atoms with Gasteiger partial charge in [0.25, 0.3) is 0 Å². The number of aliphatic hydroxyl groups is 1. The molecule has 0 spiro atoms. The van der Waals surface area contributed by atoms with E-state index in [1.165, 1.54) is 12.1 Å². The van der Waals surface area contributed by atoms with E-state index in [9.17, 15) is 14.3 Å². The Kier molecular flexibility index (Phi) is 6.75. The molecule has 1 fully saturated rings. The first kappa shape index (κ1) is 19.2. The van der Waals surface area contributed by atoms with Crippen LogP contribution in [0.3, 0.4) is 0 Å². The topological polar surface area (TPSA) is 70.6 Å². The molecule has 0 radical (unpaired) electrons. The molecule has 1 amide bonds. The van der Waals surface area contributed by atoms with E-state index in [1.54, 1.807) is 36.4 Å². The predicted octanol–water partition coefficient (Wildman–Crippen LogP) is 2.49. The van der Waals surface area contributed by atoms with Crippen LogP contribution >= 0.6 is 12.4 Å². The van der Waals surface area contributed by atoms with Crippen LogP contribution < -0.4 is 15.4 Å². The average molecular weight is 367 g/mol. The summed E-state index contributed by atoms with van der Waals surface area (Å²) < 4.78 is 18.8. The van der Waals surface area contributed by atoms with Crippen LogP contribution in [0.1, 0.15) is 12.0 Å². The molecular weight excluding hydrogens is 347 g/mol. The molecule has 3 rings (SSSR count). The molecule has 1 aliphatic rings. The van der Waals surface area contributed by atoms with Crippen molar-refractivity contribution in [3.63, 3.8) is 0 Å². The molecule has 25 heavy (non-hydrogen) atoms. The van der Waals surface area contributed by atoms with Crippen LogP contribution in [0.2, 0.25) is 0 Å². The van der Waals surface area contributed by atoms with Crippen LogP contribution in [-0.2, 0) is 11.4 Å². The second kappa shape index (κ2) is 8.80. The number of hydrogen-bond donors (Lipinski definition) is 3. The highest BCUT2D eigenvalue weighted by Gasteiger charge is 2.27. The number of halogens is 2. The fourth-order valence-corrected chi connectivity index (χ4v) is 2.60. The van der Waals surface area contributed by atoms with Crippen LogP contribution in [0.25, 0.3) is 0 Å². The number of anilines is 1. The Morgan fingerprint density at radius 1 is 1.28 bits per heavy atom. The van der Waals surface area contributed by atoms with Gasteiger partial charge < -0.3 is 20.5 Å². The third kappa shape index (κ3) is 5.42. The van der Waals surface area contributed by atoms with E-state index < -0.39 is 12.1 Å². The molecule has 0 saturated carbocycles. The number of carbonyl (C=O) groups is 1. The van der Waals surface area contributed by atoms with Gasteiger partial charge in [0.2, 0.25) is 5.91 Å². The number of ether oxygens (including phenoxy) is 1. The van der Waals surface area contributed by atoms with Crippen molar-refractivity contribution in [3.05, 3.63) is 59.9 Å². The number of rotatable bonds is 5. The molecular formula is C18H20ClFN2O3. The number of nitrogens with one attached hydrogen (secondary N) is 2. The zero-order chi connectivity index (χ0) is 16.9. The minimum atomic E-state index is -0.485. The summed E-state index contributed by atoms with van der Waals surface area (Å²) in [6.07, 6.45) is -0.0802. The molecule has 0 bridgehead atoms. The Morgan fingerprint density at radius 2 is 2.08 bits per heavy atom. The van der Waals surface area contributed by atoms with Gasteiger partial charge in [-0.25, -0.2) is 4.39 Å². The molecule has 0 aliphatic carbocycles. The average Bonchev–Trinajstić information content (AvgIpc) is 3.00. The Labute approximate surface area is 151 Å². The number of β-amino-alcohol motifs (C(OH)–C–C–N with tert-alkyl or cyclic N) is 1. The minimum absolute atomic E-state index is 0. The van der Waals surface area contributed by atoms with Crippen LogP contribution in [0.5, 0.6) is 5.75 Å². The summed E-state index contributed by atoms with van der Waals surface area (Å²) in [6.45, 7) is 0.667. The first-order valence-electron chi connectivity index (χ1n) is 7.80. The van der Waals surface area contributed by atoms with Crippen molar-refractivity contribution in [3.8, 4) is 5.75 Å². The summed E-state index contributed by atoms with van der Waals surface area (Å²) in [4.78, 5) is 12.1. The predicted molar refractivity (Wildman–Crippen MR) is 95.5 cm³/mol. The van der Waals surface area contributed by atoms with Crippen molar-refractivity contribution in [1.82, 2.24) is 5.32 Å². The van der Waals surface area contributed by atoms with Crippen LogP contribution in [0, 0.1) is 5.82 Å². The molecule has 7 heteroatoms. The van der Waals surface area contributed by atoms with Crippen molar-refractivity contribution < 1.29 is 19.0 Å². The highest BCUT2D eigenvalue weighted by Crippen LogP contribution is 2.20. The summed E-state index contributed by atoms with van der Waals surface area (Å²) in [5.74, 6) is 0.0914. The SMILES string of the molecule is Cl.O=C(Nc1cccc(OCc2cccc(F)c2)c1)C1CC(O)CN1. The van der Waals surface area contributed by atoms with Gasteiger partial charge in [-0.2, -0.15) is 0 Å². The molecule has 1 heterocycles. The third-order valence-corrected chi connectivity index (χ3v) is 3.82. The lowest BCUT2D eigenvalue weighted by molar-refractivity contribution is -0.117. The van der Waals surface area contributed by atoms with E-state index in [2.05, 4.69) is 10.6 Å². The zero-order valence-electron chi connectivity index (χ0n) is 13.4. The van der Waals surface area contributed by atoms with Crippen molar-refractivity contribution in [2.75, 3.05) is 11.9 Å². The maximum absolute atomic E-state index is 13.1. The van der Waals surface area contributed by atoms with Gasteiger partial charge in [-0.1, -0.05) is 18.2 Å². The molecule has 2 unspecified atom stereocenters. The van der Waals surface area contributed by atoms with Gasteiger partial charge >= 0.3 is 0 Å². The lowest BCUT2D eigenvalue weighted by atomic mass is 10.2. The summed E-state index contributed by atoms with van der Waals surface area (Å²) >= 11 is 0. The molecule has 1 aliphatic heterocycles. The van der Waals surface area contributed by atoms with Gasteiger partial charge in [0.1, 0.15) is 18.2 Å². The number of carbonyl (C=O) groups excluding carboxylic acids is 1. The molecule has 1 saturated heterocycles. The Bertz CT molecular complexity index is 729. The first-order valence-corrected chi connectivity index (χ1v) is 7.80. The highest BCUT2D eigenvalue weighted by atomic mass is 35.5. The summed E-state index contributed by atoms with van der Waals surface area (Å²) in [5, 5.41) is 15.2. The quantitative estimate of drug-likeness (QED) is 0.760. The second-order valence-electron chi connectivity index (χ2n) is 5.79. The van der Waals surface area contributed by atoms with Gasteiger partial charge in [-0.15, -0.1) is 12.4 Å².